The summed E-state index contributed by atoms with van der Waals surface area (Å²) in [4.78, 5) is 28.7. The van der Waals surface area contributed by atoms with E-state index in [1.54, 1.807) is 48.5 Å². The molecular weight excluding hydrogens is 340 g/mol. The Bertz CT molecular complexity index is 1250. The van der Waals surface area contributed by atoms with Gasteiger partial charge in [0.05, 0.1) is 0 Å². The molecule has 7 heteroatoms. The van der Waals surface area contributed by atoms with Gasteiger partial charge in [0.1, 0.15) is 9.79 Å². The second-order valence-electron chi connectivity index (χ2n) is 5.60. The van der Waals surface area contributed by atoms with E-state index in [9.17, 15) is 18.0 Å². The van der Waals surface area contributed by atoms with Crippen LogP contribution >= 0.6 is 0 Å². The molecule has 0 bridgehead atoms. The zero-order valence-electron chi connectivity index (χ0n) is 12.8. The highest BCUT2D eigenvalue weighted by Crippen LogP contribution is 2.20. The molecule has 0 saturated carbocycles. The molecular formula is C18H12N2O4S. The van der Waals surface area contributed by atoms with Gasteiger partial charge >= 0.3 is 0 Å². The van der Waals surface area contributed by atoms with Crippen LogP contribution in [0, 0.1) is 0 Å². The molecule has 4 aromatic rings. The topological polar surface area (TPSA) is 99.9 Å². The van der Waals surface area contributed by atoms with E-state index >= 15 is 0 Å². The molecule has 124 valence electrons. The SMILES string of the molecule is O=c1[nH]c2ccccc2cc1S(=O)(=O)c1cc2ccccc2[nH]c1=O. The summed E-state index contributed by atoms with van der Waals surface area (Å²) in [7, 11) is -4.27. The van der Waals surface area contributed by atoms with Crippen LogP contribution in [0.5, 0.6) is 0 Å². The van der Waals surface area contributed by atoms with Crippen molar-refractivity contribution < 1.29 is 8.42 Å². The van der Waals surface area contributed by atoms with Crippen molar-refractivity contribution in [3.8, 4) is 0 Å². The van der Waals surface area contributed by atoms with Gasteiger partial charge in [0.15, 0.2) is 0 Å². The van der Waals surface area contributed by atoms with Gasteiger partial charge in [-0.05, 0) is 35.0 Å². The van der Waals surface area contributed by atoms with E-state index in [1.807, 2.05) is 0 Å². The molecule has 0 saturated heterocycles. The number of fused-ring (bicyclic) bond motifs is 2. The summed E-state index contributed by atoms with van der Waals surface area (Å²) in [5, 5.41) is 1.13. The Hall–Kier alpha value is -3.19. The molecule has 0 aliphatic heterocycles. The average Bonchev–Trinajstić information content (AvgIpc) is 2.60. The van der Waals surface area contributed by atoms with Crippen LogP contribution in [-0.2, 0) is 9.84 Å². The van der Waals surface area contributed by atoms with Crippen molar-refractivity contribution in [2.45, 2.75) is 9.79 Å². The molecule has 0 fully saturated rings. The molecule has 4 rings (SSSR count). The largest absolute Gasteiger partial charge is 0.321 e. The molecule has 0 unspecified atom stereocenters. The Balaban J connectivity index is 2.02. The lowest BCUT2D eigenvalue weighted by molar-refractivity contribution is 0.594. The van der Waals surface area contributed by atoms with Gasteiger partial charge in [0.25, 0.3) is 11.1 Å². The molecule has 0 radical (unpaired) electrons. The van der Waals surface area contributed by atoms with Crippen LogP contribution in [0.1, 0.15) is 0 Å². The first kappa shape index (κ1) is 15.3. The summed E-state index contributed by atoms with van der Waals surface area (Å²) in [6.07, 6.45) is 0. The van der Waals surface area contributed by atoms with Crippen LogP contribution in [0.3, 0.4) is 0 Å². The molecule has 0 aliphatic carbocycles. The Kier molecular flexibility index (Phi) is 3.33. The van der Waals surface area contributed by atoms with Crippen molar-refractivity contribution in [3.63, 3.8) is 0 Å². The molecule has 6 nitrogen and oxygen atoms in total. The van der Waals surface area contributed by atoms with E-state index in [1.165, 1.54) is 12.1 Å². The molecule has 25 heavy (non-hydrogen) atoms. The van der Waals surface area contributed by atoms with Crippen molar-refractivity contribution in [2.24, 2.45) is 0 Å². The van der Waals surface area contributed by atoms with Crippen LogP contribution in [0.4, 0.5) is 0 Å². The van der Waals surface area contributed by atoms with Crippen molar-refractivity contribution in [1.82, 2.24) is 9.97 Å². The number of sulfone groups is 1. The zero-order chi connectivity index (χ0) is 17.6. The lowest BCUT2D eigenvalue weighted by Gasteiger charge is -2.06. The van der Waals surface area contributed by atoms with Gasteiger partial charge in [-0.2, -0.15) is 0 Å². The van der Waals surface area contributed by atoms with Gasteiger partial charge in [-0.25, -0.2) is 8.42 Å². The van der Waals surface area contributed by atoms with Crippen molar-refractivity contribution in [2.75, 3.05) is 0 Å². The Morgan fingerprint density at radius 2 is 1.04 bits per heavy atom. The van der Waals surface area contributed by atoms with Gasteiger partial charge in [-0.15, -0.1) is 0 Å². The van der Waals surface area contributed by atoms with E-state index in [2.05, 4.69) is 9.97 Å². The van der Waals surface area contributed by atoms with E-state index in [4.69, 9.17) is 0 Å². The van der Waals surface area contributed by atoms with Crippen molar-refractivity contribution in [1.29, 1.82) is 0 Å². The number of rotatable bonds is 2. The summed E-state index contributed by atoms with van der Waals surface area (Å²) in [5.74, 6) is 0. The van der Waals surface area contributed by atoms with Gasteiger partial charge in [-0.3, -0.25) is 9.59 Å². The number of para-hydroxylation sites is 2. The third kappa shape index (κ3) is 2.45. The monoisotopic (exact) mass is 352 g/mol. The third-order valence-corrected chi connectivity index (χ3v) is 5.78. The molecule has 2 aromatic carbocycles. The van der Waals surface area contributed by atoms with Crippen LogP contribution < -0.4 is 11.1 Å². The van der Waals surface area contributed by atoms with Crippen molar-refractivity contribution in [3.05, 3.63) is 81.4 Å². The molecule has 2 aromatic heterocycles. The van der Waals surface area contributed by atoms with Crippen LogP contribution in [0.2, 0.25) is 0 Å². The highest BCUT2D eigenvalue weighted by atomic mass is 32.2. The first-order chi connectivity index (χ1) is 12.0. The predicted molar refractivity (Wildman–Crippen MR) is 94.6 cm³/mol. The summed E-state index contributed by atoms with van der Waals surface area (Å²) in [5.41, 5.74) is -0.463. The van der Waals surface area contributed by atoms with Crippen LogP contribution in [0.15, 0.2) is 80.0 Å². The first-order valence-electron chi connectivity index (χ1n) is 7.46. The van der Waals surface area contributed by atoms with Crippen molar-refractivity contribution >= 4 is 31.6 Å². The highest BCUT2D eigenvalue weighted by molar-refractivity contribution is 7.91. The molecule has 0 spiro atoms. The normalized spacial score (nSPS) is 11.8. The van der Waals surface area contributed by atoms with E-state index in [-0.39, 0.29) is 0 Å². The van der Waals surface area contributed by atoms with Crippen LogP contribution in [0.25, 0.3) is 21.8 Å². The molecule has 0 aliphatic rings. The molecule has 0 amide bonds. The lowest BCUT2D eigenvalue weighted by atomic mass is 10.2. The van der Waals surface area contributed by atoms with E-state index in [0.717, 1.165) is 0 Å². The summed E-state index contributed by atoms with van der Waals surface area (Å²) in [6.45, 7) is 0. The minimum Gasteiger partial charge on any atom is -0.321 e. The standard InChI is InChI=1S/C18H12N2O4S/c21-17-15(9-11-5-1-3-7-13(11)19-17)25(23,24)16-10-12-6-2-4-8-14(12)20-18(16)22/h1-10H,(H,19,21)(H,20,22). The number of hydrogen-bond acceptors (Lipinski definition) is 4. The fraction of sp³-hybridized carbons (Fsp3) is 0. The number of benzene rings is 2. The second-order valence-corrected chi connectivity index (χ2v) is 7.49. The third-order valence-electron chi connectivity index (χ3n) is 4.02. The highest BCUT2D eigenvalue weighted by Gasteiger charge is 2.25. The quantitative estimate of drug-likeness (QED) is 0.577. The Morgan fingerprint density at radius 1 is 0.640 bits per heavy atom. The lowest BCUT2D eigenvalue weighted by Crippen LogP contribution is -2.23. The van der Waals surface area contributed by atoms with Gasteiger partial charge in [0, 0.05) is 11.0 Å². The Morgan fingerprint density at radius 3 is 1.48 bits per heavy atom. The van der Waals surface area contributed by atoms with Gasteiger partial charge in [0.2, 0.25) is 9.84 Å². The molecule has 2 N–H and O–H groups in total. The number of aromatic amines is 2. The molecule has 2 heterocycles. The zero-order valence-corrected chi connectivity index (χ0v) is 13.6. The maximum Gasteiger partial charge on any atom is 0.267 e. The first-order valence-corrected chi connectivity index (χ1v) is 8.94. The predicted octanol–water partition coefficient (Wildman–Crippen LogP) is 2.20. The van der Waals surface area contributed by atoms with Gasteiger partial charge < -0.3 is 9.97 Å². The number of pyridine rings is 2. The minimum absolute atomic E-state index is 0.452. The second kappa shape index (κ2) is 5.42. The Labute approximate surface area is 141 Å². The number of H-pyrrole nitrogens is 2. The fourth-order valence-corrected chi connectivity index (χ4v) is 4.16. The number of hydrogen-bond donors (Lipinski definition) is 2. The van der Waals surface area contributed by atoms with E-state index in [0.29, 0.717) is 21.8 Å². The number of nitrogens with one attached hydrogen (secondary N) is 2. The van der Waals surface area contributed by atoms with E-state index < -0.39 is 30.7 Å². The average molecular weight is 352 g/mol. The summed E-state index contributed by atoms with van der Waals surface area (Å²) in [6, 6.07) is 16.3. The number of aromatic nitrogens is 2. The smallest absolute Gasteiger partial charge is 0.267 e. The minimum atomic E-state index is -4.27. The molecule has 0 atom stereocenters. The summed E-state index contributed by atoms with van der Waals surface area (Å²) < 4.78 is 25.8. The van der Waals surface area contributed by atoms with Gasteiger partial charge in [-0.1, -0.05) is 36.4 Å². The maximum absolute atomic E-state index is 12.9. The van der Waals surface area contributed by atoms with Crippen LogP contribution in [-0.4, -0.2) is 18.4 Å². The maximum atomic E-state index is 12.9. The summed E-state index contributed by atoms with van der Waals surface area (Å²) >= 11 is 0. The fourth-order valence-electron chi connectivity index (χ4n) is 2.77.